The van der Waals surface area contributed by atoms with Gasteiger partial charge in [-0.05, 0) is 29.3 Å². The SMILES string of the molecule is COc1cc(C=C(C#N)C(=O)c2cccc([N+](=O)[O-])c2)c(Br)cc1OCc1ccccc1. The maximum Gasteiger partial charge on any atom is 0.270 e. The molecule has 3 aromatic carbocycles. The smallest absolute Gasteiger partial charge is 0.270 e. The second kappa shape index (κ2) is 10.4. The van der Waals surface area contributed by atoms with Crippen molar-refractivity contribution >= 4 is 33.5 Å². The van der Waals surface area contributed by atoms with Gasteiger partial charge in [-0.15, -0.1) is 0 Å². The molecular formula is C24H17BrN2O5. The van der Waals surface area contributed by atoms with E-state index in [1.54, 1.807) is 12.1 Å². The van der Waals surface area contributed by atoms with E-state index < -0.39 is 10.7 Å². The van der Waals surface area contributed by atoms with Crippen LogP contribution >= 0.6 is 15.9 Å². The molecule has 7 nitrogen and oxygen atoms in total. The Morgan fingerprint density at radius 3 is 2.53 bits per heavy atom. The molecule has 8 heteroatoms. The fourth-order valence-corrected chi connectivity index (χ4v) is 3.33. The van der Waals surface area contributed by atoms with Gasteiger partial charge in [0.2, 0.25) is 5.78 Å². The molecule has 3 aromatic rings. The lowest BCUT2D eigenvalue weighted by Crippen LogP contribution is -2.03. The van der Waals surface area contributed by atoms with Crippen LogP contribution in [-0.2, 0) is 6.61 Å². The average Bonchev–Trinajstić information content (AvgIpc) is 2.82. The van der Waals surface area contributed by atoms with Gasteiger partial charge in [0.15, 0.2) is 11.5 Å². The molecule has 0 heterocycles. The van der Waals surface area contributed by atoms with Crippen LogP contribution in [0.2, 0.25) is 0 Å². The number of non-ortho nitro benzene ring substituents is 1. The molecule has 0 radical (unpaired) electrons. The molecule has 32 heavy (non-hydrogen) atoms. The molecule has 0 aliphatic rings. The number of ether oxygens (including phenoxy) is 2. The van der Waals surface area contributed by atoms with Crippen molar-refractivity contribution in [2.75, 3.05) is 7.11 Å². The van der Waals surface area contributed by atoms with Gasteiger partial charge in [-0.2, -0.15) is 5.26 Å². The summed E-state index contributed by atoms with van der Waals surface area (Å²) in [5.74, 6) is 0.297. The van der Waals surface area contributed by atoms with Gasteiger partial charge in [0.05, 0.1) is 12.0 Å². The fourth-order valence-electron chi connectivity index (χ4n) is 2.89. The van der Waals surface area contributed by atoms with Crippen molar-refractivity contribution in [3.8, 4) is 17.6 Å². The molecular weight excluding hydrogens is 476 g/mol. The van der Waals surface area contributed by atoms with Crippen molar-refractivity contribution in [2.24, 2.45) is 0 Å². The fraction of sp³-hybridized carbons (Fsp3) is 0.0833. The minimum absolute atomic E-state index is 0.0536. The van der Waals surface area contributed by atoms with Crippen LogP contribution in [0.3, 0.4) is 0 Å². The largest absolute Gasteiger partial charge is 0.493 e. The highest BCUT2D eigenvalue weighted by Gasteiger charge is 2.17. The normalized spacial score (nSPS) is 10.8. The van der Waals surface area contributed by atoms with E-state index in [2.05, 4.69) is 15.9 Å². The van der Waals surface area contributed by atoms with Crippen molar-refractivity contribution in [1.29, 1.82) is 5.26 Å². The number of carbonyl (C=O) groups is 1. The van der Waals surface area contributed by atoms with Crippen molar-refractivity contribution in [3.05, 3.63) is 104 Å². The zero-order valence-corrected chi connectivity index (χ0v) is 18.5. The zero-order chi connectivity index (χ0) is 23.1. The first-order valence-electron chi connectivity index (χ1n) is 9.38. The number of Topliss-reactive ketones (excluding diaryl/α,β-unsaturated/α-hetero) is 1. The highest BCUT2D eigenvalue weighted by Crippen LogP contribution is 2.35. The third-order valence-corrected chi connectivity index (χ3v) is 5.19. The number of methoxy groups -OCH3 is 1. The Labute approximate surface area is 192 Å². The van der Waals surface area contributed by atoms with E-state index in [1.807, 2.05) is 36.4 Å². The monoisotopic (exact) mass is 492 g/mol. The predicted octanol–water partition coefficient (Wildman–Crippen LogP) is 5.73. The summed E-state index contributed by atoms with van der Waals surface area (Å²) >= 11 is 3.44. The Kier molecular flexibility index (Phi) is 7.37. The lowest BCUT2D eigenvalue weighted by atomic mass is 10.0. The standard InChI is InChI=1S/C24H17BrN2O5/c1-31-22-12-18(21(25)13-23(22)32-15-16-6-3-2-4-7-16)10-19(14-26)24(28)17-8-5-9-20(11-17)27(29)30/h2-13H,15H2,1H3. The molecule has 0 aromatic heterocycles. The summed E-state index contributed by atoms with van der Waals surface area (Å²) in [7, 11) is 1.49. The van der Waals surface area contributed by atoms with E-state index in [0.29, 0.717) is 28.1 Å². The molecule has 160 valence electrons. The molecule has 0 saturated carbocycles. The van der Waals surface area contributed by atoms with Gasteiger partial charge in [0.1, 0.15) is 18.2 Å². The molecule has 0 N–H and O–H groups in total. The van der Waals surface area contributed by atoms with Crippen LogP contribution in [0, 0.1) is 21.4 Å². The Bertz CT molecular complexity index is 1230. The van der Waals surface area contributed by atoms with E-state index in [9.17, 15) is 20.2 Å². The number of nitriles is 1. The molecule has 0 fully saturated rings. The van der Waals surface area contributed by atoms with Gasteiger partial charge < -0.3 is 9.47 Å². The first-order valence-corrected chi connectivity index (χ1v) is 10.2. The maximum atomic E-state index is 12.8. The minimum Gasteiger partial charge on any atom is -0.493 e. The van der Waals surface area contributed by atoms with Gasteiger partial charge in [0.25, 0.3) is 5.69 Å². The molecule has 0 aliphatic carbocycles. The number of hydrogen-bond acceptors (Lipinski definition) is 6. The molecule has 3 rings (SSSR count). The zero-order valence-electron chi connectivity index (χ0n) is 16.9. The molecule has 0 amide bonds. The summed E-state index contributed by atoms with van der Waals surface area (Å²) in [4.78, 5) is 23.1. The van der Waals surface area contributed by atoms with Gasteiger partial charge in [0, 0.05) is 22.2 Å². The summed E-state index contributed by atoms with van der Waals surface area (Å²) < 4.78 is 11.9. The van der Waals surface area contributed by atoms with Gasteiger partial charge in [-0.1, -0.05) is 58.4 Å². The Morgan fingerprint density at radius 1 is 1.12 bits per heavy atom. The molecule has 0 aliphatic heterocycles. The predicted molar refractivity (Wildman–Crippen MR) is 122 cm³/mol. The lowest BCUT2D eigenvalue weighted by molar-refractivity contribution is -0.384. The Hall–Kier alpha value is -3.96. The highest BCUT2D eigenvalue weighted by molar-refractivity contribution is 9.10. The summed E-state index contributed by atoms with van der Waals surface area (Å²) in [6.07, 6.45) is 1.40. The van der Waals surface area contributed by atoms with Crippen molar-refractivity contribution in [3.63, 3.8) is 0 Å². The molecule has 0 saturated heterocycles. The van der Waals surface area contributed by atoms with E-state index >= 15 is 0 Å². The molecule has 0 atom stereocenters. The second-order valence-corrected chi connectivity index (χ2v) is 7.46. The van der Waals surface area contributed by atoms with Gasteiger partial charge >= 0.3 is 0 Å². The van der Waals surface area contributed by atoms with Crippen LogP contribution in [0.15, 0.2) is 76.8 Å². The van der Waals surface area contributed by atoms with Crippen molar-refractivity contribution < 1.29 is 19.2 Å². The van der Waals surface area contributed by atoms with Crippen LogP contribution in [0.5, 0.6) is 11.5 Å². The summed E-state index contributed by atoms with van der Waals surface area (Å²) in [5.41, 5.74) is 1.16. The van der Waals surface area contributed by atoms with Crippen molar-refractivity contribution in [1.82, 2.24) is 0 Å². The average molecular weight is 493 g/mol. The first kappa shape index (κ1) is 22.7. The number of allylic oxidation sites excluding steroid dienone is 1. The lowest BCUT2D eigenvalue weighted by Gasteiger charge is -2.13. The number of rotatable bonds is 8. The maximum absolute atomic E-state index is 12.8. The number of ketones is 1. The quantitative estimate of drug-likeness (QED) is 0.131. The Balaban J connectivity index is 1.90. The second-order valence-electron chi connectivity index (χ2n) is 6.61. The van der Waals surface area contributed by atoms with Crippen molar-refractivity contribution in [2.45, 2.75) is 6.61 Å². The molecule has 0 unspecified atom stereocenters. The van der Waals surface area contributed by atoms with Crippen LogP contribution in [0.25, 0.3) is 6.08 Å². The summed E-state index contributed by atoms with van der Waals surface area (Å²) in [6.45, 7) is 0.341. The highest BCUT2D eigenvalue weighted by atomic mass is 79.9. The number of carbonyl (C=O) groups excluding carboxylic acids is 1. The number of nitrogens with zero attached hydrogens (tertiary/aromatic N) is 2. The molecule has 0 spiro atoms. The van der Waals surface area contributed by atoms with Crippen LogP contribution in [-0.4, -0.2) is 17.8 Å². The number of nitro benzene ring substituents is 1. The van der Waals surface area contributed by atoms with Crippen LogP contribution < -0.4 is 9.47 Å². The van der Waals surface area contributed by atoms with Gasteiger partial charge in [-0.25, -0.2) is 0 Å². The number of nitro groups is 1. The summed E-state index contributed by atoms with van der Waals surface area (Å²) in [6, 6.07) is 20.1. The topological polar surface area (TPSA) is 102 Å². The minimum atomic E-state index is -0.619. The number of halogens is 1. The van der Waals surface area contributed by atoms with E-state index in [1.165, 1.54) is 31.4 Å². The Morgan fingerprint density at radius 2 is 1.88 bits per heavy atom. The number of benzene rings is 3. The third kappa shape index (κ3) is 5.39. The molecule has 0 bridgehead atoms. The third-order valence-electron chi connectivity index (χ3n) is 4.50. The van der Waals surface area contributed by atoms with E-state index in [0.717, 1.165) is 11.6 Å². The summed E-state index contributed by atoms with van der Waals surface area (Å²) in [5, 5.41) is 20.5. The van der Waals surface area contributed by atoms with E-state index in [4.69, 9.17) is 9.47 Å². The van der Waals surface area contributed by atoms with Crippen LogP contribution in [0.1, 0.15) is 21.5 Å². The first-order chi connectivity index (χ1) is 15.4. The van der Waals surface area contributed by atoms with Gasteiger partial charge in [-0.3, -0.25) is 14.9 Å². The number of hydrogen-bond donors (Lipinski definition) is 0. The van der Waals surface area contributed by atoms with E-state index in [-0.39, 0.29) is 16.8 Å². The van der Waals surface area contributed by atoms with Crippen LogP contribution in [0.4, 0.5) is 5.69 Å².